The van der Waals surface area contributed by atoms with E-state index in [0.717, 1.165) is 22.4 Å². The monoisotopic (exact) mass is 386 g/mol. The molecule has 0 unspecified atom stereocenters. The minimum absolute atomic E-state index is 0.0854. The van der Waals surface area contributed by atoms with E-state index < -0.39 is 0 Å². The van der Waals surface area contributed by atoms with Crippen molar-refractivity contribution in [3.63, 3.8) is 0 Å². The van der Waals surface area contributed by atoms with Crippen LogP contribution in [0.3, 0.4) is 0 Å². The van der Waals surface area contributed by atoms with E-state index >= 15 is 0 Å². The average molecular weight is 386 g/mol. The van der Waals surface area contributed by atoms with Gasteiger partial charge in [-0.2, -0.15) is 0 Å². The summed E-state index contributed by atoms with van der Waals surface area (Å²) in [5.41, 5.74) is 4.91. The largest absolute Gasteiger partial charge is 0.335 e. The van der Waals surface area contributed by atoms with Gasteiger partial charge in [0.25, 0.3) is 11.8 Å². The molecule has 0 radical (unpaired) electrons. The molecule has 4 nitrogen and oxygen atoms in total. The maximum atomic E-state index is 13.0. The zero-order valence-electron chi connectivity index (χ0n) is 17.1. The Bertz CT molecular complexity index is 1010. The Hall–Kier alpha value is -3.40. The summed E-state index contributed by atoms with van der Waals surface area (Å²) in [6.07, 6.45) is 0. The van der Waals surface area contributed by atoms with Gasteiger partial charge in [0.15, 0.2) is 0 Å². The van der Waals surface area contributed by atoms with E-state index in [2.05, 4.69) is 5.32 Å². The molecule has 0 heterocycles. The highest BCUT2D eigenvalue weighted by Crippen LogP contribution is 2.18. The normalized spacial score (nSPS) is 10.4. The number of benzene rings is 3. The van der Waals surface area contributed by atoms with Crippen molar-refractivity contribution in [2.75, 3.05) is 11.9 Å². The van der Waals surface area contributed by atoms with E-state index in [4.69, 9.17) is 0 Å². The summed E-state index contributed by atoms with van der Waals surface area (Å²) in [6, 6.07) is 22.7. The van der Waals surface area contributed by atoms with Gasteiger partial charge in [-0.05, 0) is 61.7 Å². The molecule has 0 aromatic heterocycles. The number of anilines is 1. The van der Waals surface area contributed by atoms with Crippen LogP contribution in [-0.2, 0) is 6.54 Å². The standard InChI is InChI=1S/C25H26N2O2/c1-4-27(17-20-9-6-5-7-10-20)25(29)22-12-8-11-21(16-22)24(28)26-23-15-18(2)13-14-19(23)3/h5-16H,4,17H2,1-3H3,(H,26,28). The van der Waals surface area contributed by atoms with Gasteiger partial charge in [0.05, 0.1) is 0 Å². The van der Waals surface area contributed by atoms with Crippen molar-refractivity contribution < 1.29 is 9.59 Å². The number of aryl methyl sites for hydroxylation is 2. The van der Waals surface area contributed by atoms with Gasteiger partial charge in [0.1, 0.15) is 0 Å². The molecular formula is C25H26N2O2. The number of rotatable bonds is 6. The van der Waals surface area contributed by atoms with Crippen molar-refractivity contribution in [2.45, 2.75) is 27.3 Å². The predicted octanol–water partition coefficient (Wildman–Crippen LogP) is 5.22. The number of carbonyl (C=O) groups is 2. The molecule has 3 aromatic carbocycles. The van der Waals surface area contributed by atoms with Crippen LogP contribution < -0.4 is 5.32 Å². The molecule has 0 fully saturated rings. The second-order valence-corrected chi connectivity index (χ2v) is 7.16. The summed E-state index contributed by atoms with van der Waals surface area (Å²) in [7, 11) is 0. The fourth-order valence-electron chi connectivity index (χ4n) is 3.17. The van der Waals surface area contributed by atoms with E-state index in [-0.39, 0.29) is 11.8 Å². The second kappa shape index (κ2) is 9.20. The van der Waals surface area contributed by atoms with Crippen LogP contribution in [0.5, 0.6) is 0 Å². The van der Waals surface area contributed by atoms with E-state index in [1.807, 2.05) is 69.3 Å². The SMILES string of the molecule is CCN(Cc1ccccc1)C(=O)c1cccc(C(=O)Nc2cc(C)ccc2C)c1. The topological polar surface area (TPSA) is 49.4 Å². The molecule has 2 amide bonds. The third-order valence-corrected chi connectivity index (χ3v) is 4.90. The quantitative estimate of drug-likeness (QED) is 0.631. The van der Waals surface area contributed by atoms with E-state index in [9.17, 15) is 9.59 Å². The molecule has 0 saturated heterocycles. The van der Waals surface area contributed by atoms with E-state index in [0.29, 0.717) is 24.2 Å². The minimum Gasteiger partial charge on any atom is -0.335 e. The summed E-state index contributed by atoms with van der Waals surface area (Å²) in [6.45, 7) is 7.03. The first-order valence-corrected chi connectivity index (χ1v) is 9.80. The van der Waals surface area contributed by atoms with Gasteiger partial charge in [-0.15, -0.1) is 0 Å². The van der Waals surface area contributed by atoms with Crippen LogP contribution in [0, 0.1) is 13.8 Å². The molecule has 3 rings (SSSR count). The number of amides is 2. The summed E-state index contributed by atoms with van der Waals surface area (Å²) < 4.78 is 0. The van der Waals surface area contributed by atoms with E-state index in [1.165, 1.54) is 0 Å². The Morgan fingerprint density at radius 1 is 0.862 bits per heavy atom. The second-order valence-electron chi connectivity index (χ2n) is 7.16. The van der Waals surface area contributed by atoms with Crippen LogP contribution in [-0.4, -0.2) is 23.3 Å². The highest BCUT2D eigenvalue weighted by atomic mass is 16.2. The van der Waals surface area contributed by atoms with Gasteiger partial charge in [-0.25, -0.2) is 0 Å². The van der Waals surface area contributed by atoms with Crippen LogP contribution in [0.15, 0.2) is 72.8 Å². The lowest BCUT2D eigenvalue weighted by atomic mass is 10.1. The minimum atomic E-state index is -0.223. The molecule has 0 aliphatic heterocycles. The average Bonchev–Trinajstić information content (AvgIpc) is 2.75. The lowest BCUT2D eigenvalue weighted by Crippen LogP contribution is -2.30. The Balaban J connectivity index is 1.78. The smallest absolute Gasteiger partial charge is 0.255 e. The van der Waals surface area contributed by atoms with Crippen molar-refractivity contribution in [1.29, 1.82) is 0 Å². The fourth-order valence-corrected chi connectivity index (χ4v) is 3.17. The van der Waals surface area contributed by atoms with Crippen LogP contribution in [0.1, 0.15) is 44.3 Å². The number of carbonyl (C=O) groups excluding carboxylic acids is 2. The first-order chi connectivity index (χ1) is 14.0. The van der Waals surface area contributed by atoms with Crippen molar-refractivity contribution >= 4 is 17.5 Å². The van der Waals surface area contributed by atoms with Crippen LogP contribution in [0.4, 0.5) is 5.69 Å². The summed E-state index contributed by atoms with van der Waals surface area (Å²) in [4.78, 5) is 27.5. The maximum absolute atomic E-state index is 13.0. The molecule has 0 aliphatic carbocycles. The number of nitrogens with zero attached hydrogens (tertiary/aromatic N) is 1. The maximum Gasteiger partial charge on any atom is 0.255 e. The van der Waals surface area contributed by atoms with Gasteiger partial charge < -0.3 is 10.2 Å². The predicted molar refractivity (Wildman–Crippen MR) is 117 cm³/mol. The van der Waals surface area contributed by atoms with Gasteiger partial charge in [-0.3, -0.25) is 9.59 Å². The number of nitrogens with one attached hydrogen (secondary N) is 1. The van der Waals surface area contributed by atoms with Crippen LogP contribution >= 0.6 is 0 Å². The third kappa shape index (κ3) is 5.11. The highest BCUT2D eigenvalue weighted by Gasteiger charge is 2.17. The number of hydrogen-bond acceptors (Lipinski definition) is 2. The summed E-state index contributed by atoms with van der Waals surface area (Å²) in [5, 5.41) is 2.95. The number of hydrogen-bond donors (Lipinski definition) is 1. The molecule has 0 spiro atoms. The highest BCUT2D eigenvalue weighted by molar-refractivity contribution is 6.06. The molecule has 3 aromatic rings. The van der Waals surface area contributed by atoms with Crippen LogP contribution in [0.2, 0.25) is 0 Å². The lowest BCUT2D eigenvalue weighted by molar-refractivity contribution is 0.0752. The Kier molecular flexibility index (Phi) is 6.45. The Labute approximate surface area is 172 Å². The third-order valence-electron chi connectivity index (χ3n) is 4.90. The molecule has 0 bridgehead atoms. The van der Waals surface area contributed by atoms with Gasteiger partial charge in [-0.1, -0.05) is 48.5 Å². The van der Waals surface area contributed by atoms with E-state index in [1.54, 1.807) is 29.2 Å². The van der Waals surface area contributed by atoms with Crippen molar-refractivity contribution in [2.24, 2.45) is 0 Å². The molecule has 29 heavy (non-hydrogen) atoms. The molecule has 0 aliphatic rings. The van der Waals surface area contributed by atoms with Crippen molar-refractivity contribution in [3.05, 3.63) is 101 Å². The Morgan fingerprint density at radius 2 is 1.59 bits per heavy atom. The van der Waals surface area contributed by atoms with Crippen LogP contribution in [0.25, 0.3) is 0 Å². The van der Waals surface area contributed by atoms with Gasteiger partial charge >= 0.3 is 0 Å². The zero-order chi connectivity index (χ0) is 20.8. The molecule has 0 saturated carbocycles. The van der Waals surface area contributed by atoms with Crippen molar-refractivity contribution in [3.8, 4) is 0 Å². The lowest BCUT2D eigenvalue weighted by Gasteiger charge is -2.21. The first-order valence-electron chi connectivity index (χ1n) is 9.80. The molecule has 148 valence electrons. The molecule has 4 heteroatoms. The first kappa shape index (κ1) is 20.3. The van der Waals surface area contributed by atoms with Gasteiger partial charge in [0, 0.05) is 29.9 Å². The van der Waals surface area contributed by atoms with Gasteiger partial charge in [0.2, 0.25) is 0 Å². The molecular weight excluding hydrogens is 360 g/mol. The van der Waals surface area contributed by atoms with Crippen molar-refractivity contribution in [1.82, 2.24) is 4.90 Å². The zero-order valence-corrected chi connectivity index (χ0v) is 17.1. The molecule has 0 atom stereocenters. The summed E-state index contributed by atoms with van der Waals surface area (Å²) in [5.74, 6) is -0.308. The Morgan fingerprint density at radius 3 is 2.31 bits per heavy atom. The summed E-state index contributed by atoms with van der Waals surface area (Å²) >= 11 is 0. The fraction of sp³-hybridized carbons (Fsp3) is 0.200. The molecule has 1 N–H and O–H groups in total.